The lowest BCUT2D eigenvalue weighted by Crippen LogP contribution is -2.04. The van der Waals surface area contributed by atoms with Crippen molar-refractivity contribution in [3.8, 4) is 5.75 Å². The predicted octanol–water partition coefficient (Wildman–Crippen LogP) is 3.19. The summed E-state index contributed by atoms with van der Waals surface area (Å²) in [5, 5.41) is -0.575. The normalized spacial score (nSPS) is 13.0. The molecule has 0 amide bonds. The molecule has 0 unspecified atom stereocenters. The lowest BCUT2D eigenvalue weighted by molar-refractivity contribution is 0.103. The number of hydrogen-bond donors (Lipinski definition) is 0. The molecule has 0 N–H and O–H groups in total. The number of carbonyl (C=O) groups excluding carboxylic acids is 2. The molecule has 0 bridgehead atoms. The molecule has 0 radical (unpaired) electrons. The maximum atomic E-state index is 12.5. The van der Waals surface area contributed by atoms with Crippen molar-refractivity contribution in [1.82, 2.24) is 0 Å². The maximum Gasteiger partial charge on any atom is 0.252 e. The molecule has 0 atom stereocenters. The zero-order valence-corrected chi connectivity index (χ0v) is 10.6. The second-order valence-electron chi connectivity index (χ2n) is 4.26. The summed E-state index contributed by atoms with van der Waals surface area (Å²) < 4.78 is 5.61. The Kier molecular flexibility index (Phi) is 2.84. The molecule has 1 aliphatic rings. The predicted molar refractivity (Wildman–Crippen MR) is 70.8 cm³/mol. The highest BCUT2D eigenvalue weighted by Crippen LogP contribution is 2.28. The quantitative estimate of drug-likeness (QED) is 0.749. The largest absolute Gasteiger partial charge is 0.488 e. The van der Waals surface area contributed by atoms with Gasteiger partial charge < -0.3 is 4.74 Å². The van der Waals surface area contributed by atoms with Crippen LogP contribution < -0.4 is 4.74 Å². The third kappa shape index (κ3) is 2.02. The Labute approximate surface area is 114 Å². The Morgan fingerprint density at radius 2 is 1.89 bits per heavy atom. The Morgan fingerprint density at radius 3 is 2.68 bits per heavy atom. The number of rotatable bonds is 1. The van der Waals surface area contributed by atoms with Crippen LogP contribution in [0, 0.1) is 0 Å². The monoisotopic (exact) mass is 272 g/mol. The average Bonchev–Trinajstić information content (AvgIpc) is 2.57. The number of hydrogen-bond acceptors (Lipinski definition) is 3. The van der Waals surface area contributed by atoms with Gasteiger partial charge in [-0.15, -0.1) is 0 Å². The van der Waals surface area contributed by atoms with Gasteiger partial charge in [0.05, 0.1) is 5.56 Å². The topological polar surface area (TPSA) is 43.4 Å². The van der Waals surface area contributed by atoms with Crippen LogP contribution in [0.3, 0.4) is 0 Å². The van der Waals surface area contributed by atoms with Gasteiger partial charge >= 0.3 is 0 Å². The summed E-state index contributed by atoms with van der Waals surface area (Å²) in [5.41, 5.74) is 2.04. The zero-order chi connectivity index (χ0) is 13.4. The van der Waals surface area contributed by atoms with E-state index in [0.29, 0.717) is 29.0 Å². The molecule has 19 heavy (non-hydrogen) atoms. The molecule has 1 heterocycles. The molecule has 0 aliphatic carbocycles. The highest BCUT2D eigenvalue weighted by atomic mass is 35.5. The highest BCUT2D eigenvalue weighted by molar-refractivity contribution is 6.67. The molecule has 3 nitrogen and oxygen atoms in total. The fourth-order valence-corrected chi connectivity index (χ4v) is 2.23. The molecule has 2 aromatic carbocycles. The minimum Gasteiger partial charge on any atom is -0.488 e. The van der Waals surface area contributed by atoms with E-state index in [-0.39, 0.29) is 5.78 Å². The second-order valence-corrected chi connectivity index (χ2v) is 4.60. The van der Waals surface area contributed by atoms with E-state index in [4.69, 9.17) is 16.3 Å². The molecule has 0 aromatic heterocycles. The third-order valence-electron chi connectivity index (χ3n) is 3.10. The van der Waals surface area contributed by atoms with Crippen LogP contribution in [0.15, 0.2) is 42.5 Å². The van der Waals surface area contributed by atoms with Crippen LogP contribution in [-0.4, -0.2) is 11.0 Å². The second kappa shape index (κ2) is 4.52. The number of ketones is 1. The van der Waals surface area contributed by atoms with Gasteiger partial charge in [-0.2, -0.15) is 0 Å². The van der Waals surface area contributed by atoms with Crippen LogP contribution in [0.5, 0.6) is 5.75 Å². The molecule has 1 aliphatic heterocycles. The molecule has 4 heteroatoms. The van der Waals surface area contributed by atoms with Crippen molar-refractivity contribution in [2.75, 3.05) is 0 Å². The van der Waals surface area contributed by atoms with Crippen LogP contribution in [0.1, 0.15) is 31.8 Å². The summed E-state index contributed by atoms with van der Waals surface area (Å²) in [7, 11) is 0. The summed E-state index contributed by atoms with van der Waals surface area (Å²) in [6.45, 7) is 0.300. The molecule has 0 saturated carbocycles. The molecular weight excluding hydrogens is 264 g/mol. The smallest absolute Gasteiger partial charge is 0.252 e. The number of benzene rings is 2. The van der Waals surface area contributed by atoms with Crippen molar-refractivity contribution < 1.29 is 14.3 Å². The van der Waals surface area contributed by atoms with E-state index in [9.17, 15) is 9.59 Å². The van der Waals surface area contributed by atoms with Crippen LogP contribution in [0.4, 0.5) is 0 Å². The standard InChI is InChI=1S/C15H9ClO3/c16-15(18)9-5-6-10-8-19-13-4-2-1-3-11(13)14(17)12(10)7-9/h1-7H,8H2. The van der Waals surface area contributed by atoms with Gasteiger partial charge in [-0.25, -0.2) is 0 Å². The van der Waals surface area contributed by atoms with E-state index in [0.717, 1.165) is 5.56 Å². The van der Waals surface area contributed by atoms with Crippen molar-refractivity contribution in [1.29, 1.82) is 0 Å². The fourth-order valence-electron chi connectivity index (χ4n) is 2.12. The summed E-state index contributed by atoms with van der Waals surface area (Å²) in [6, 6.07) is 11.9. The minimum absolute atomic E-state index is 0.150. The lowest BCUT2D eigenvalue weighted by atomic mass is 9.97. The number of para-hydroxylation sites is 1. The third-order valence-corrected chi connectivity index (χ3v) is 3.31. The Hall–Kier alpha value is -2.13. The van der Waals surface area contributed by atoms with Gasteiger partial charge in [0.1, 0.15) is 12.4 Å². The van der Waals surface area contributed by atoms with Crippen molar-refractivity contribution in [3.05, 3.63) is 64.7 Å². The highest BCUT2D eigenvalue weighted by Gasteiger charge is 2.22. The van der Waals surface area contributed by atoms with E-state index >= 15 is 0 Å². The van der Waals surface area contributed by atoms with Crippen LogP contribution in [-0.2, 0) is 6.61 Å². The van der Waals surface area contributed by atoms with Gasteiger partial charge in [-0.05, 0) is 35.9 Å². The molecule has 0 saturated heterocycles. The number of carbonyl (C=O) groups is 2. The van der Waals surface area contributed by atoms with Gasteiger partial charge in [0.25, 0.3) is 5.24 Å². The van der Waals surface area contributed by atoms with Gasteiger partial charge in [0, 0.05) is 16.7 Å². The Morgan fingerprint density at radius 1 is 1.11 bits per heavy atom. The first-order valence-corrected chi connectivity index (χ1v) is 6.14. The molecule has 94 valence electrons. The van der Waals surface area contributed by atoms with Crippen LogP contribution in [0.25, 0.3) is 0 Å². The number of halogens is 1. The van der Waals surface area contributed by atoms with Crippen LogP contribution in [0.2, 0.25) is 0 Å². The molecule has 2 aromatic rings. The maximum absolute atomic E-state index is 12.5. The molecule has 0 fully saturated rings. The fraction of sp³-hybridized carbons (Fsp3) is 0.0667. The first kappa shape index (κ1) is 11.9. The zero-order valence-electron chi connectivity index (χ0n) is 9.85. The van der Waals surface area contributed by atoms with Gasteiger partial charge in [0.2, 0.25) is 0 Å². The van der Waals surface area contributed by atoms with Crippen molar-refractivity contribution >= 4 is 22.6 Å². The molecular formula is C15H9ClO3. The molecule has 3 rings (SSSR count). The summed E-state index contributed by atoms with van der Waals surface area (Å²) in [4.78, 5) is 23.7. The van der Waals surface area contributed by atoms with E-state index < -0.39 is 5.24 Å². The Bertz CT molecular complexity index is 692. The number of ether oxygens (including phenoxy) is 1. The number of fused-ring (bicyclic) bond motifs is 2. The lowest BCUT2D eigenvalue weighted by Gasteiger charge is -2.05. The van der Waals surface area contributed by atoms with E-state index in [2.05, 4.69) is 0 Å². The Balaban J connectivity index is 2.18. The van der Waals surface area contributed by atoms with Gasteiger partial charge in [0.15, 0.2) is 5.78 Å². The summed E-state index contributed by atoms with van der Waals surface area (Å²) >= 11 is 5.45. The summed E-state index contributed by atoms with van der Waals surface area (Å²) in [6.07, 6.45) is 0. The van der Waals surface area contributed by atoms with E-state index in [1.54, 1.807) is 30.3 Å². The van der Waals surface area contributed by atoms with Crippen LogP contribution >= 0.6 is 11.6 Å². The van der Waals surface area contributed by atoms with Crippen molar-refractivity contribution in [2.24, 2.45) is 0 Å². The average molecular weight is 273 g/mol. The van der Waals surface area contributed by atoms with Crippen molar-refractivity contribution in [3.63, 3.8) is 0 Å². The minimum atomic E-state index is -0.575. The first-order valence-electron chi connectivity index (χ1n) is 5.76. The van der Waals surface area contributed by atoms with E-state index in [1.165, 1.54) is 6.07 Å². The molecule has 0 spiro atoms. The van der Waals surface area contributed by atoms with Gasteiger partial charge in [-0.1, -0.05) is 18.2 Å². The first-order chi connectivity index (χ1) is 9.16. The summed E-state index contributed by atoms with van der Waals surface area (Å²) in [5.74, 6) is 0.408. The van der Waals surface area contributed by atoms with Crippen molar-refractivity contribution in [2.45, 2.75) is 6.61 Å². The van der Waals surface area contributed by atoms with E-state index in [1.807, 2.05) is 6.07 Å². The SMILES string of the molecule is O=C(Cl)c1ccc2c(c1)C(=O)c1ccccc1OC2. The van der Waals surface area contributed by atoms with Gasteiger partial charge in [-0.3, -0.25) is 9.59 Å².